The number of carbonyl (C=O) groups is 2. The van der Waals surface area contributed by atoms with Crippen LogP contribution in [0.3, 0.4) is 0 Å². The predicted octanol–water partition coefficient (Wildman–Crippen LogP) is 3.82. The van der Waals surface area contributed by atoms with E-state index in [2.05, 4.69) is 38.1 Å². The van der Waals surface area contributed by atoms with Gasteiger partial charge >= 0.3 is 0 Å². The fraction of sp³-hybridized carbons (Fsp3) is 0.261. The Kier molecular flexibility index (Phi) is 6.36. The van der Waals surface area contributed by atoms with Crippen LogP contribution in [0.25, 0.3) is 22.1 Å². The van der Waals surface area contributed by atoms with Crippen molar-refractivity contribution in [3.05, 3.63) is 54.1 Å². The first kappa shape index (κ1) is 21.8. The number of hydrogen-bond acceptors (Lipinski definition) is 6. The Morgan fingerprint density at radius 3 is 2.53 bits per heavy atom. The Morgan fingerprint density at radius 1 is 1.06 bits per heavy atom. The molecule has 0 unspecified atom stereocenters. The van der Waals surface area contributed by atoms with Gasteiger partial charge in [-0.25, -0.2) is 4.98 Å². The molecule has 0 aliphatic heterocycles. The molecule has 2 amide bonds. The number of anilines is 1. The number of nitrogens with zero attached hydrogens (tertiary/aromatic N) is 5. The van der Waals surface area contributed by atoms with Gasteiger partial charge < -0.3 is 14.8 Å². The summed E-state index contributed by atoms with van der Waals surface area (Å²) >= 11 is 1.24. The summed E-state index contributed by atoms with van der Waals surface area (Å²) in [4.78, 5) is 30.6. The highest BCUT2D eigenvalue weighted by Gasteiger charge is 2.15. The highest BCUT2D eigenvalue weighted by atomic mass is 32.2. The summed E-state index contributed by atoms with van der Waals surface area (Å²) < 4.78 is 2.15. The summed E-state index contributed by atoms with van der Waals surface area (Å²) in [6.45, 7) is 2.96. The van der Waals surface area contributed by atoms with Crippen molar-refractivity contribution in [2.45, 2.75) is 25.0 Å². The van der Waals surface area contributed by atoms with Gasteiger partial charge in [-0.15, -0.1) is 10.2 Å². The third-order valence-corrected chi connectivity index (χ3v) is 5.79. The Balaban J connectivity index is 1.46. The zero-order valence-corrected chi connectivity index (χ0v) is 19.0. The van der Waals surface area contributed by atoms with E-state index in [-0.39, 0.29) is 17.6 Å². The van der Waals surface area contributed by atoms with Crippen LogP contribution in [0.5, 0.6) is 0 Å². The second kappa shape index (κ2) is 9.35. The van der Waals surface area contributed by atoms with Gasteiger partial charge in [0.1, 0.15) is 5.52 Å². The molecule has 32 heavy (non-hydrogen) atoms. The van der Waals surface area contributed by atoms with Crippen molar-refractivity contribution in [2.24, 2.45) is 0 Å². The Labute approximate surface area is 190 Å². The zero-order valence-electron chi connectivity index (χ0n) is 18.2. The van der Waals surface area contributed by atoms with E-state index in [0.29, 0.717) is 16.4 Å². The molecule has 8 nitrogen and oxygen atoms in total. The maximum atomic E-state index is 12.4. The normalized spacial score (nSPS) is 11.1. The van der Waals surface area contributed by atoms with Gasteiger partial charge in [-0.05, 0) is 36.8 Å². The monoisotopic (exact) mass is 448 g/mol. The molecular formula is C23H24N6O2S. The molecule has 0 saturated heterocycles. The minimum atomic E-state index is -0.181. The standard InChI is InChI=1S/C23H24N6O2S/c1-4-13-29-18-8-6-5-7-17(18)20-21(29)25-23(27-26-20)32-14-19(30)24-16-11-9-15(10-12-16)22(31)28(2)3/h5-12H,4,13-14H2,1-3H3,(H,24,30). The summed E-state index contributed by atoms with van der Waals surface area (Å²) in [6, 6.07) is 14.9. The maximum absolute atomic E-state index is 12.4. The largest absolute Gasteiger partial charge is 0.345 e. The van der Waals surface area contributed by atoms with Crippen LogP contribution < -0.4 is 5.32 Å². The molecule has 0 spiro atoms. The number of hydrogen-bond donors (Lipinski definition) is 1. The van der Waals surface area contributed by atoms with Crippen molar-refractivity contribution in [1.82, 2.24) is 24.6 Å². The number of rotatable bonds is 7. The molecule has 4 aromatic rings. The van der Waals surface area contributed by atoms with Crippen LogP contribution in [0.1, 0.15) is 23.7 Å². The van der Waals surface area contributed by atoms with Gasteiger partial charge in [0, 0.05) is 37.3 Å². The Bertz CT molecular complexity index is 1280. The third-order valence-electron chi connectivity index (χ3n) is 4.96. The average Bonchev–Trinajstić information content (AvgIpc) is 3.11. The second-order valence-electron chi connectivity index (χ2n) is 7.55. The first-order valence-electron chi connectivity index (χ1n) is 10.3. The minimum Gasteiger partial charge on any atom is -0.345 e. The van der Waals surface area contributed by atoms with Crippen LogP contribution in [0, 0.1) is 0 Å². The van der Waals surface area contributed by atoms with E-state index in [1.807, 2.05) is 18.2 Å². The van der Waals surface area contributed by atoms with E-state index >= 15 is 0 Å². The molecule has 0 bridgehead atoms. The van der Waals surface area contributed by atoms with E-state index in [1.165, 1.54) is 16.7 Å². The van der Waals surface area contributed by atoms with Gasteiger partial charge in [-0.1, -0.05) is 36.9 Å². The number of benzene rings is 2. The van der Waals surface area contributed by atoms with E-state index < -0.39 is 0 Å². The molecule has 0 aliphatic rings. The first-order valence-corrected chi connectivity index (χ1v) is 11.3. The number of para-hydroxylation sites is 1. The van der Waals surface area contributed by atoms with Gasteiger partial charge in [-0.3, -0.25) is 9.59 Å². The van der Waals surface area contributed by atoms with Crippen LogP contribution >= 0.6 is 11.8 Å². The molecule has 4 rings (SSSR count). The van der Waals surface area contributed by atoms with Crippen molar-refractivity contribution < 1.29 is 9.59 Å². The van der Waals surface area contributed by atoms with E-state index in [0.717, 1.165) is 35.0 Å². The van der Waals surface area contributed by atoms with E-state index in [4.69, 9.17) is 0 Å². The van der Waals surface area contributed by atoms with Gasteiger partial charge in [0.25, 0.3) is 5.91 Å². The number of fused-ring (bicyclic) bond motifs is 3. The number of aromatic nitrogens is 4. The van der Waals surface area contributed by atoms with Gasteiger partial charge in [0.05, 0.1) is 11.3 Å². The zero-order chi connectivity index (χ0) is 22.7. The molecule has 164 valence electrons. The van der Waals surface area contributed by atoms with Crippen LogP contribution in [-0.2, 0) is 11.3 Å². The fourth-order valence-corrected chi connectivity index (χ4v) is 4.06. The molecule has 0 atom stereocenters. The number of amides is 2. The summed E-state index contributed by atoms with van der Waals surface area (Å²) in [5.41, 5.74) is 3.84. The van der Waals surface area contributed by atoms with Gasteiger partial charge in [-0.2, -0.15) is 0 Å². The maximum Gasteiger partial charge on any atom is 0.253 e. The lowest BCUT2D eigenvalue weighted by atomic mass is 10.2. The molecular weight excluding hydrogens is 424 g/mol. The second-order valence-corrected chi connectivity index (χ2v) is 8.49. The SMILES string of the molecule is CCCn1c2ccccc2c2nnc(SCC(=O)Nc3ccc(C(=O)N(C)C)cc3)nc21. The van der Waals surface area contributed by atoms with Crippen LogP contribution in [0.15, 0.2) is 53.7 Å². The highest BCUT2D eigenvalue weighted by Crippen LogP contribution is 2.27. The van der Waals surface area contributed by atoms with Crippen molar-refractivity contribution in [1.29, 1.82) is 0 Å². The number of carbonyl (C=O) groups excluding carboxylic acids is 2. The van der Waals surface area contributed by atoms with E-state index in [1.54, 1.807) is 38.4 Å². The van der Waals surface area contributed by atoms with Gasteiger partial charge in [0.2, 0.25) is 11.1 Å². The molecule has 0 radical (unpaired) electrons. The lowest BCUT2D eigenvalue weighted by molar-refractivity contribution is -0.113. The van der Waals surface area contributed by atoms with E-state index in [9.17, 15) is 9.59 Å². The number of thioether (sulfide) groups is 1. The molecule has 9 heteroatoms. The van der Waals surface area contributed by atoms with Crippen molar-refractivity contribution in [3.8, 4) is 0 Å². The van der Waals surface area contributed by atoms with Crippen LogP contribution in [0.2, 0.25) is 0 Å². The molecule has 2 aromatic heterocycles. The number of nitrogens with one attached hydrogen (secondary N) is 1. The predicted molar refractivity (Wildman–Crippen MR) is 127 cm³/mol. The summed E-state index contributed by atoms with van der Waals surface area (Å²) in [5.74, 6) is -0.113. The van der Waals surface area contributed by atoms with Crippen molar-refractivity contribution >= 4 is 51.3 Å². The summed E-state index contributed by atoms with van der Waals surface area (Å²) in [5, 5.41) is 12.9. The van der Waals surface area contributed by atoms with Crippen LogP contribution in [-0.4, -0.2) is 56.3 Å². The Hall–Kier alpha value is -3.46. The fourth-order valence-electron chi connectivity index (χ4n) is 3.48. The molecule has 0 fully saturated rings. The first-order chi connectivity index (χ1) is 15.5. The Morgan fingerprint density at radius 2 is 1.81 bits per heavy atom. The minimum absolute atomic E-state index is 0.0843. The lowest BCUT2D eigenvalue weighted by Gasteiger charge is -2.11. The van der Waals surface area contributed by atoms with Gasteiger partial charge in [0.15, 0.2) is 5.65 Å². The smallest absolute Gasteiger partial charge is 0.253 e. The summed E-state index contributed by atoms with van der Waals surface area (Å²) in [7, 11) is 3.40. The lowest BCUT2D eigenvalue weighted by Crippen LogP contribution is -2.21. The summed E-state index contributed by atoms with van der Waals surface area (Å²) in [6.07, 6.45) is 0.974. The quantitative estimate of drug-likeness (QED) is 0.432. The average molecular weight is 449 g/mol. The molecule has 1 N–H and O–H groups in total. The van der Waals surface area contributed by atoms with Crippen molar-refractivity contribution in [3.63, 3.8) is 0 Å². The highest BCUT2D eigenvalue weighted by molar-refractivity contribution is 7.99. The molecule has 0 aliphatic carbocycles. The van der Waals surface area contributed by atoms with Crippen LogP contribution in [0.4, 0.5) is 5.69 Å². The molecule has 0 saturated carbocycles. The third kappa shape index (κ3) is 4.43. The number of aryl methyl sites for hydroxylation is 1. The topological polar surface area (TPSA) is 93.0 Å². The molecule has 2 aromatic carbocycles. The molecule has 2 heterocycles. The van der Waals surface area contributed by atoms with Crippen molar-refractivity contribution in [2.75, 3.05) is 25.2 Å².